The molecule has 0 unspecified atom stereocenters. The Labute approximate surface area is 209 Å². The van der Waals surface area contributed by atoms with Crippen LogP contribution < -0.4 is 0 Å². The second kappa shape index (κ2) is 9.46. The van der Waals surface area contributed by atoms with Gasteiger partial charge in [0.2, 0.25) is 9.84 Å². The van der Waals surface area contributed by atoms with Crippen molar-refractivity contribution in [1.82, 2.24) is 0 Å². The Morgan fingerprint density at radius 3 is 1.23 bits per heavy atom. The molecule has 0 aliphatic rings. The predicted octanol–water partition coefficient (Wildman–Crippen LogP) is 6.98. The van der Waals surface area contributed by atoms with Crippen LogP contribution in [0.25, 0.3) is 22.3 Å². The monoisotopic (exact) mass is 528 g/mol. The first-order chi connectivity index (χ1) is 16.6. The van der Waals surface area contributed by atoms with Gasteiger partial charge in [0.05, 0.1) is 19.6 Å². The summed E-state index contributed by atoms with van der Waals surface area (Å²) in [5.41, 5.74) is 1.36. The summed E-state index contributed by atoms with van der Waals surface area (Å²) in [5.74, 6) is 0. The minimum absolute atomic E-state index is 0.0175. The maximum Gasteiger partial charge on any atom is 0.288 e. The summed E-state index contributed by atoms with van der Waals surface area (Å²) < 4.78 is 26.2. The van der Waals surface area contributed by atoms with Crippen LogP contribution in [0.2, 0.25) is 10.0 Å². The SMILES string of the molecule is O=[N+]([O-])c1cccc(-c2ccc(S(=O)(=O)c3ccc(-c4cccc([N+](=O)[O-])c4Cl)cc3)cc2)c1Cl. The molecule has 0 amide bonds. The molecule has 0 saturated heterocycles. The van der Waals surface area contributed by atoms with Gasteiger partial charge in [-0.2, -0.15) is 0 Å². The molecule has 0 heterocycles. The standard InChI is InChI=1S/C24H14Cl2N2O6S/c25-23-19(3-1-5-21(23)27(29)30)15-7-11-17(12-8-15)35(33,34)18-13-9-16(10-14-18)20-4-2-6-22(24(20)26)28(31)32/h1-14H. The highest BCUT2D eigenvalue weighted by Gasteiger charge is 2.21. The Hall–Kier alpha value is -3.79. The minimum Gasteiger partial charge on any atom is -0.258 e. The lowest BCUT2D eigenvalue weighted by molar-refractivity contribution is -0.384. The second-order valence-electron chi connectivity index (χ2n) is 7.34. The van der Waals surface area contributed by atoms with Crippen molar-refractivity contribution in [3.8, 4) is 22.3 Å². The molecule has 176 valence electrons. The molecule has 0 radical (unpaired) electrons. The summed E-state index contributed by atoms with van der Waals surface area (Å²) in [4.78, 5) is 21.1. The van der Waals surface area contributed by atoms with Crippen LogP contribution in [0.1, 0.15) is 0 Å². The van der Waals surface area contributed by atoms with Gasteiger partial charge in [-0.25, -0.2) is 8.42 Å². The summed E-state index contributed by atoms with van der Waals surface area (Å²) in [6.07, 6.45) is 0. The Morgan fingerprint density at radius 2 is 0.914 bits per heavy atom. The van der Waals surface area contributed by atoms with E-state index >= 15 is 0 Å². The molecule has 0 aliphatic heterocycles. The first kappa shape index (κ1) is 24.3. The van der Waals surface area contributed by atoms with Gasteiger partial charge in [0, 0.05) is 23.3 Å². The van der Waals surface area contributed by atoms with E-state index in [-0.39, 0.29) is 31.2 Å². The van der Waals surface area contributed by atoms with Crippen molar-refractivity contribution in [2.75, 3.05) is 0 Å². The number of rotatable bonds is 6. The fourth-order valence-corrected chi connectivity index (χ4v) is 5.40. The molecular formula is C24H14Cl2N2O6S. The lowest BCUT2D eigenvalue weighted by Crippen LogP contribution is -2.02. The molecule has 4 aromatic carbocycles. The zero-order valence-electron chi connectivity index (χ0n) is 17.6. The number of hydrogen-bond donors (Lipinski definition) is 0. The molecule has 0 N–H and O–H groups in total. The Bertz CT molecular complexity index is 1460. The van der Waals surface area contributed by atoms with Gasteiger partial charge in [0.25, 0.3) is 11.4 Å². The lowest BCUT2D eigenvalue weighted by atomic mass is 10.1. The zero-order valence-corrected chi connectivity index (χ0v) is 19.9. The predicted molar refractivity (Wildman–Crippen MR) is 133 cm³/mol. The highest BCUT2D eigenvalue weighted by atomic mass is 35.5. The van der Waals surface area contributed by atoms with Crippen molar-refractivity contribution in [3.63, 3.8) is 0 Å². The average molecular weight is 529 g/mol. The van der Waals surface area contributed by atoms with Crippen LogP contribution in [0.4, 0.5) is 11.4 Å². The van der Waals surface area contributed by atoms with Crippen molar-refractivity contribution in [2.24, 2.45) is 0 Å². The lowest BCUT2D eigenvalue weighted by Gasteiger charge is -2.09. The fraction of sp³-hybridized carbons (Fsp3) is 0. The number of hydrogen-bond acceptors (Lipinski definition) is 6. The normalized spacial score (nSPS) is 11.3. The quantitative estimate of drug-likeness (QED) is 0.196. The molecule has 11 heteroatoms. The van der Waals surface area contributed by atoms with Crippen LogP contribution in [-0.2, 0) is 9.84 Å². The number of nitro groups is 2. The smallest absolute Gasteiger partial charge is 0.258 e. The van der Waals surface area contributed by atoms with E-state index in [0.29, 0.717) is 22.3 Å². The molecule has 8 nitrogen and oxygen atoms in total. The maximum atomic E-state index is 13.1. The van der Waals surface area contributed by atoms with Crippen LogP contribution in [-0.4, -0.2) is 18.3 Å². The van der Waals surface area contributed by atoms with Crippen molar-refractivity contribution >= 4 is 44.4 Å². The number of halogens is 2. The van der Waals surface area contributed by atoms with E-state index in [1.54, 1.807) is 12.1 Å². The largest absolute Gasteiger partial charge is 0.288 e. The molecule has 0 aromatic heterocycles. The Morgan fingerprint density at radius 1 is 0.571 bits per heavy atom. The molecule has 35 heavy (non-hydrogen) atoms. The highest BCUT2D eigenvalue weighted by Crippen LogP contribution is 2.37. The van der Waals surface area contributed by atoms with E-state index in [0.717, 1.165) is 0 Å². The van der Waals surface area contributed by atoms with E-state index in [4.69, 9.17) is 23.2 Å². The van der Waals surface area contributed by atoms with E-state index < -0.39 is 19.7 Å². The minimum atomic E-state index is -3.88. The number of sulfone groups is 1. The van der Waals surface area contributed by atoms with Crippen molar-refractivity contribution in [3.05, 3.63) is 115 Å². The second-order valence-corrected chi connectivity index (χ2v) is 10.0. The van der Waals surface area contributed by atoms with Gasteiger partial charge in [-0.05, 0) is 35.4 Å². The third-order valence-electron chi connectivity index (χ3n) is 5.30. The van der Waals surface area contributed by atoms with Gasteiger partial charge in [0.1, 0.15) is 10.0 Å². The summed E-state index contributed by atoms with van der Waals surface area (Å²) in [7, 11) is -3.88. The average Bonchev–Trinajstić information content (AvgIpc) is 2.84. The Kier molecular flexibility index (Phi) is 6.58. The molecule has 4 rings (SSSR count). The highest BCUT2D eigenvalue weighted by molar-refractivity contribution is 7.91. The maximum absolute atomic E-state index is 13.1. The molecule has 0 saturated carbocycles. The molecule has 0 atom stereocenters. The topological polar surface area (TPSA) is 120 Å². The van der Waals surface area contributed by atoms with Gasteiger partial charge >= 0.3 is 0 Å². The molecule has 0 fully saturated rings. The van der Waals surface area contributed by atoms with Crippen LogP contribution in [0, 0.1) is 20.2 Å². The molecule has 4 aromatic rings. The van der Waals surface area contributed by atoms with Gasteiger partial charge < -0.3 is 0 Å². The van der Waals surface area contributed by atoms with Crippen LogP contribution in [0.15, 0.2) is 94.7 Å². The van der Waals surface area contributed by atoms with Gasteiger partial charge in [-0.1, -0.05) is 71.7 Å². The summed E-state index contributed by atoms with van der Waals surface area (Å²) in [6.45, 7) is 0. The van der Waals surface area contributed by atoms with Gasteiger partial charge in [0.15, 0.2) is 0 Å². The van der Waals surface area contributed by atoms with E-state index in [1.165, 1.54) is 72.8 Å². The van der Waals surface area contributed by atoms with E-state index in [2.05, 4.69) is 0 Å². The van der Waals surface area contributed by atoms with E-state index in [9.17, 15) is 28.6 Å². The summed E-state index contributed by atoms with van der Waals surface area (Å²) >= 11 is 12.3. The van der Waals surface area contributed by atoms with Gasteiger partial charge in [-0.15, -0.1) is 0 Å². The molecule has 0 spiro atoms. The van der Waals surface area contributed by atoms with Crippen LogP contribution in [0.3, 0.4) is 0 Å². The van der Waals surface area contributed by atoms with E-state index in [1.807, 2.05) is 0 Å². The Balaban J connectivity index is 1.65. The molecule has 0 aliphatic carbocycles. The first-order valence-electron chi connectivity index (χ1n) is 9.93. The van der Waals surface area contributed by atoms with Crippen LogP contribution >= 0.6 is 23.2 Å². The molecular weight excluding hydrogens is 515 g/mol. The van der Waals surface area contributed by atoms with Gasteiger partial charge in [-0.3, -0.25) is 20.2 Å². The molecule has 0 bridgehead atoms. The van der Waals surface area contributed by atoms with Crippen LogP contribution in [0.5, 0.6) is 0 Å². The first-order valence-corrected chi connectivity index (χ1v) is 12.2. The third-order valence-corrected chi connectivity index (χ3v) is 7.88. The van der Waals surface area contributed by atoms with Crippen molar-refractivity contribution in [2.45, 2.75) is 9.79 Å². The summed E-state index contributed by atoms with van der Waals surface area (Å²) in [5, 5.41) is 22.2. The number of benzene rings is 4. The third kappa shape index (κ3) is 4.61. The van der Waals surface area contributed by atoms with Crippen molar-refractivity contribution < 1.29 is 18.3 Å². The summed E-state index contributed by atoms with van der Waals surface area (Å²) in [6, 6.07) is 20.5. The zero-order chi connectivity index (χ0) is 25.3. The fourth-order valence-electron chi connectivity index (χ4n) is 3.53. The van der Waals surface area contributed by atoms with Crippen molar-refractivity contribution in [1.29, 1.82) is 0 Å². The number of nitrogens with zero attached hydrogens (tertiary/aromatic N) is 2. The number of nitro benzene ring substituents is 2.